The third-order valence-corrected chi connectivity index (χ3v) is 7.55. The first-order chi connectivity index (χ1) is 17.3. The van der Waals surface area contributed by atoms with Crippen molar-refractivity contribution in [2.45, 2.75) is 18.0 Å². The number of halogens is 2. The van der Waals surface area contributed by atoms with E-state index < -0.39 is 0 Å². The molecule has 1 aliphatic heterocycles. The fourth-order valence-electron chi connectivity index (χ4n) is 4.09. The molecule has 0 radical (unpaired) electrons. The zero-order valence-corrected chi connectivity index (χ0v) is 22.4. The number of methoxy groups -OCH3 is 2. The highest BCUT2D eigenvalue weighted by Gasteiger charge is 2.26. The summed E-state index contributed by atoms with van der Waals surface area (Å²) in [6.45, 7) is 1.53. The van der Waals surface area contributed by atoms with Gasteiger partial charge in [0.25, 0.3) is 0 Å². The molecule has 0 atom stereocenters. The maximum absolute atomic E-state index is 12.7. The molecule has 1 amide bonds. The van der Waals surface area contributed by atoms with Gasteiger partial charge in [0.15, 0.2) is 11.5 Å². The summed E-state index contributed by atoms with van der Waals surface area (Å²) in [6.07, 6.45) is 0.751. The summed E-state index contributed by atoms with van der Waals surface area (Å²) in [6, 6.07) is 12.9. The van der Waals surface area contributed by atoms with Gasteiger partial charge in [0.2, 0.25) is 5.91 Å². The standard InChI is InChI=1S/C26H24Cl2N4O3S/c1-32-9-8-21-18(13-32)25(15-4-7-22(34-2)23(10-15)35-3)17(12-29)26(31-21)36-14-24(33)30-16-5-6-19(27)20(28)11-16/h4-7,10-11H,8-9,13-14H2,1-3H3,(H,30,33). The van der Waals surface area contributed by atoms with Crippen LogP contribution >= 0.6 is 35.0 Å². The molecular weight excluding hydrogens is 519 g/mol. The lowest BCUT2D eigenvalue weighted by atomic mass is 9.91. The summed E-state index contributed by atoms with van der Waals surface area (Å²) in [5.41, 5.74) is 4.57. The van der Waals surface area contributed by atoms with E-state index in [2.05, 4.69) is 16.3 Å². The lowest BCUT2D eigenvalue weighted by Crippen LogP contribution is -2.28. The monoisotopic (exact) mass is 542 g/mol. The van der Waals surface area contributed by atoms with Crippen molar-refractivity contribution in [1.82, 2.24) is 9.88 Å². The molecular formula is C26H24Cl2N4O3S. The van der Waals surface area contributed by atoms with Gasteiger partial charge >= 0.3 is 0 Å². The molecule has 36 heavy (non-hydrogen) atoms. The average molecular weight is 543 g/mol. The van der Waals surface area contributed by atoms with Gasteiger partial charge in [-0.2, -0.15) is 5.26 Å². The summed E-state index contributed by atoms with van der Waals surface area (Å²) in [5.74, 6) is 1.01. The van der Waals surface area contributed by atoms with Crippen LogP contribution in [0.25, 0.3) is 11.1 Å². The van der Waals surface area contributed by atoms with E-state index in [0.29, 0.717) is 44.4 Å². The molecule has 0 saturated carbocycles. The molecule has 4 rings (SSSR count). The van der Waals surface area contributed by atoms with Gasteiger partial charge in [-0.1, -0.05) is 41.0 Å². The number of aromatic nitrogens is 1. The number of nitriles is 1. The van der Waals surface area contributed by atoms with Gasteiger partial charge in [0, 0.05) is 36.5 Å². The Labute approximate surface area is 224 Å². The van der Waals surface area contributed by atoms with Crippen molar-refractivity contribution < 1.29 is 14.3 Å². The number of amides is 1. The summed E-state index contributed by atoms with van der Waals surface area (Å²) in [5, 5.41) is 14.3. The number of fused-ring (bicyclic) bond motifs is 1. The van der Waals surface area contributed by atoms with Crippen molar-refractivity contribution in [2.24, 2.45) is 0 Å². The number of hydrogen-bond acceptors (Lipinski definition) is 7. The lowest BCUT2D eigenvalue weighted by Gasteiger charge is -2.28. The molecule has 2 aromatic carbocycles. The van der Waals surface area contributed by atoms with Crippen LogP contribution in [0.15, 0.2) is 41.4 Å². The summed E-state index contributed by atoms with van der Waals surface area (Å²) < 4.78 is 10.9. The zero-order valence-electron chi connectivity index (χ0n) is 20.0. The highest BCUT2D eigenvalue weighted by atomic mass is 35.5. The van der Waals surface area contributed by atoms with Crippen molar-refractivity contribution in [3.63, 3.8) is 0 Å². The Morgan fingerprint density at radius 1 is 1.17 bits per heavy atom. The Bertz CT molecular complexity index is 1360. The molecule has 186 valence electrons. The fourth-order valence-corrected chi connectivity index (χ4v) is 5.20. The molecule has 3 aromatic rings. The molecule has 0 bridgehead atoms. The van der Waals surface area contributed by atoms with E-state index in [-0.39, 0.29) is 11.7 Å². The topological polar surface area (TPSA) is 87.5 Å². The second kappa shape index (κ2) is 11.4. The number of likely N-dealkylation sites (N-methyl/N-ethyl adjacent to an activating group) is 1. The van der Waals surface area contributed by atoms with E-state index in [1.54, 1.807) is 32.4 Å². The van der Waals surface area contributed by atoms with Crippen LogP contribution in [0.2, 0.25) is 10.0 Å². The normalized spacial score (nSPS) is 13.0. The molecule has 0 spiro atoms. The smallest absolute Gasteiger partial charge is 0.234 e. The van der Waals surface area contributed by atoms with E-state index >= 15 is 0 Å². The van der Waals surface area contributed by atoms with Crippen LogP contribution in [-0.2, 0) is 17.8 Å². The molecule has 0 aliphatic carbocycles. The fraction of sp³-hybridized carbons (Fsp3) is 0.269. The highest BCUT2D eigenvalue weighted by Crippen LogP contribution is 2.40. The van der Waals surface area contributed by atoms with Crippen LogP contribution in [0.4, 0.5) is 5.69 Å². The minimum absolute atomic E-state index is 0.0754. The first-order valence-corrected chi connectivity index (χ1v) is 12.8. The molecule has 1 aliphatic rings. The van der Waals surface area contributed by atoms with Gasteiger partial charge in [-0.05, 0) is 48.5 Å². The third-order valence-electron chi connectivity index (χ3n) is 5.84. The van der Waals surface area contributed by atoms with Crippen molar-refractivity contribution >= 4 is 46.6 Å². The van der Waals surface area contributed by atoms with Crippen molar-refractivity contribution in [3.05, 3.63) is 63.3 Å². The number of pyridine rings is 1. The Balaban J connectivity index is 1.69. The maximum Gasteiger partial charge on any atom is 0.234 e. The van der Waals surface area contributed by atoms with Crippen LogP contribution < -0.4 is 14.8 Å². The average Bonchev–Trinajstić information content (AvgIpc) is 2.88. The first kappa shape index (κ1) is 26.1. The van der Waals surface area contributed by atoms with Crippen LogP contribution in [0.1, 0.15) is 16.8 Å². The number of rotatable bonds is 7. The summed E-state index contributed by atoms with van der Waals surface area (Å²) >= 11 is 13.2. The number of carbonyl (C=O) groups excluding carboxylic acids is 1. The maximum atomic E-state index is 12.7. The Hall–Kier alpha value is -2.96. The predicted octanol–water partition coefficient (Wildman–Crippen LogP) is 5.66. The first-order valence-electron chi connectivity index (χ1n) is 11.1. The molecule has 1 aromatic heterocycles. The van der Waals surface area contributed by atoms with Gasteiger partial charge in [0.1, 0.15) is 11.1 Å². The Morgan fingerprint density at radius 2 is 1.94 bits per heavy atom. The van der Waals surface area contributed by atoms with Crippen LogP contribution in [0.3, 0.4) is 0 Å². The molecule has 10 heteroatoms. The predicted molar refractivity (Wildman–Crippen MR) is 143 cm³/mol. The number of anilines is 1. The van der Waals surface area contributed by atoms with Gasteiger partial charge in [0.05, 0.1) is 35.6 Å². The minimum atomic E-state index is -0.241. The second-order valence-corrected chi connectivity index (χ2v) is 10.0. The summed E-state index contributed by atoms with van der Waals surface area (Å²) in [7, 11) is 5.21. The Morgan fingerprint density at radius 3 is 2.64 bits per heavy atom. The van der Waals surface area contributed by atoms with Gasteiger partial charge in [-0.15, -0.1) is 0 Å². The number of benzene rings is 2. The summed E-state index contributed by atoms with van der Waals surface area (Å²) in [4.78, 5) is 19.7. The largest absolute Gasteiger partial charge is 0.493 e. The molecule has 2 heterocycles. The van der Waals surface area contributed by atoms with E-state index in [1.165, 1.54) is 11.8 Å². The quantitative estimate of drug-likeness (QED) is 0.385. The number of thioether (sulfide) groups is 1. The van der Waals surface area contributed by atoms with E-state index in [0.717, 1.165) is 35.3 Å². The van der Waals surface area contributed by atoms with Crippen molar-refractivity contribution in [2.75, 3.05) is 38.9 Å². The van der Waals surface area contributed by atoms with Crippen molar-refractivity contribution in [1.29, 1.82) is 5.26 Å². The molecule has 1 N–H and O–H groups in total. The number of ether oxygens (including phenoxy) is 2. The highest BCUT2D eigenvalue weighted by molar-refractivity contribution is 8.00. The molecule has 0 saturated heterocycles. The second-order valence-electron chi connectivity index (χ2n) is 8.23. The zero-order chi connectivity index (χ0) is 25.8. The number of nitrogens with zero attached hydrogens (tertiary/aromatic N) is 3. The molecule has 7 nitrogen and oxygen atoms in total. The Kier molecular flexibility index (Phi) is 8.27. The number of nitrogens with one attached hydrogen (secondary N) is 1. The molecule has 0 fully saturated rings. The van der Waals surface area contributed by atoms with Gasteiger partial charge in [-0.3, -0.25) is 4.79 Å². The van der Waals surface area contributed by atoms with E-state index in [9.17, 15) is 10.1 Å². The van der Waals surface area contributed by atoms with E-state index in [1.807, 2.05) is 25.2 Å². The van der Waals surface area contributed by atoms with Gasteiger partial charge in [-0.25, -0.2) is 4.98 Å². The minimum Gasteiger partial charge on any atom is -0.493 e. The number of carbonyl (C=O) groups is 1. The van der Waals surface area contributed by atoms with Crippen molar-refractivity contribution in [3.8, 4) is 28.7 Å². The van der Waals surface area contributed by atoms with Crippen LogP contribution in [0.5, 0.6) is 11.5 Å². The SMILES string of the molecule is COc1ccc(-c2c(C#N)c(SCC(=O)Nc3ccc(Cl)c(Cl)c3)nc3c2CN(C)CC3)cc1OC. The van der Waals surface area contributed by atoms with E-state index in [4.69, 9.17) is 37.7 Å². The number of hydrogen-bond donors (Lipinski definition) is 1. The van der Waals surface area contributed by atoms with Crippen LogP contribution in [0, 0.1) is 11.3 Å². The van der Waals surface area contributed by atoms with Gasteiger partial charge < -0.3 is 19.7 Å². The lowest BCUT2D eigenvalue weighted by molar-refractivity contribution is -0.113. The van der Waals surface area contributed by atoms with Crippen LogP contribution in [-0.4, -0.2) is 49.4 Å². The third kappa shape index (κ3) is 5.55. The molecule has 0 unspecified atom stereocenters.